The molecule has 0 heterocycles. The summed E-state index contributed by atoms with van der Waals surface area (Å²) in [6, 6.07) is 8.25. The second kappa shape index (κ2) is 6.10. The van der Waals surface area contributed by atoms with Crippen molar-refractivity contribution in [3.05, 3.63) is 35.4 Å². The third kappa shape index (κ3) is 5.26. The first-order valence-corrected chi connectivity index (χ1v) is 6.31. The molecule has 0 aromatic heterocycles. The molecule has 0 radical (unpaired) electrons. The zero-order chi connectivity index (χ0) is 12.9. The summed E-state index contributed by atoms with van der Waals surface area (Å²) < 4.78 is 0. The van der Waals surface area contributed by atoms with Gasteiger partial charge in [-0.3, -0.25) is 0 Å². The maximum Gasteiger partial charge on any atom is 0.122 e. The predicted molar refractivity (Wildman–Crippen MR) is 73.2 cm³/mol. The van der Waals surface area contributed by atoms with E-state index in [1.807, 2.05) is 6.92 Å². The van der Waals surface area contributed by atoms with E-state index in [0.717, 1.165) is 0 Å². The summed E-state index contributed by atoms with van der Waals surface area (Å²) in [6.07, 6.45) is 1.31. The first-order valence-electron chi connectivity index (χ1n) is 5.87. The number of hydrogen-bond donors (Lipinski definition) is 1. The molecule has 1 nitrogen and oxygen atoms in total. The Balaban J connectivity index is 2.61. The molecule has 0 amide bonds. The van der Waals surface area contributed by atoms with E-state index in [4.69, 9.17) is 11.6 Å². The monoisotopic (exact) mass is 250 g/mol. The van der Waals surface area contributed by atoms with Crippen molar-refractivity contribution in [3.8, 4) is 11.8 Å². The van der Waals surface area contributed by atoms with Crippen LogP contribution in [0, 0.1) is 18.8 Å². The third-order valence-corrected chi connectivity index (χ3v) is 2.99. The summed E-state index contributed by atoms with van der Waals surface area (Å²) in [5, 5.41) is 9.49. The van der Waals surface area contributed by atoms with Gasteiger partial charge >= 0.3 is 0 Å². The Morgan fingerprint density at radius 1 is 1.35 bits per heavy atom. The van der Waals surface area contributed by atoms with Crippen LogP contribution in [0.1, 0.15) is 31.4 Å². The molecular weight excluding hydrogens is 232 g/mol. The average Bonchev–Trinajstić information content (AvgIpc) is 2.30. The molecule has 0 aliphatic rings. The fraction of sp³-hybridized carbons (Fsp3) is 0.467. The van der Waals surface area contributed by atoms with E-state index in [2.05, 4.69) is 43.0 Å². The quantitative estimate of drug-likeness (QED) is 0.645. The Labute approximate surface area is 109 Å². The van der Waals surface area contributed by atoms with Crippen molar-refractivity contribution >= 4 is 11.6 Å². The first kappa shape index (κ1) is 14.1. The van der Waals surface area contributed by atoms with Gasteiger partial charge in [0.2, 0.25) is 0 Å². The molecule has 0 saturated heterocycles. The number of benzene rings is 1. The lowest BCUT2D eigenvalue weighted by Crippen LogP contribution is -2.20. The van der Waals surface area contributed by atoms with Gasteiger partial charge in [0.1, 0.15) is 5.60 Å². The largest absolute Gasteiger partial charge is 0.378 e. The molecule has 0 spiro atoms. The second-order valence-corrected chi connectivity index (χ2v) is 5.08. The van der Waals surface area contributed by atoms with Crippen LogP contribution in [-0.2, 0) is 6.42 Å². The van der Waals surface area contributed by atoms with Gasteiger partial charge in [-0.15, -0.1) is 11.6 Å². The van der Waals surface area contributed by atoms with Gasteiger partial charge in [0.25, 0.3) is 0 Å². The molecule has 0 fully saturated rings. The molecule has 2 unspecified atom stereocenters. The van der Waals surface area contributed by atoms with Gasteiger partial charge in [0, 0.05) is 0 Å². The number of aliphatic hydroxyl groups is 1. The van der Waals surface area contributed by atoms with Crippen LogP contribution in [0.3, 0.4) is 0 Å². The number of halogens is 1. The fourth-order valence-corrected chi connectivity index (χ4v) is 1.54. The van der Waals surface area contributed by atoms with Crippen LogP contribution in [-0.4, -0.2) is 16.1 Å². The average molecular weight is 251 g/mol. The van der Waals surface area contributed by atoms with E-state index < -0.39 is 5.60 Å². The van der Waals surface area contributed by atoms with Crippen molar-refractivity contribution < 1.29 is 5.11 Å². The van der Waals surface area contributed by atoms with Crippen molar-refractivity contribution in [3.63, 3.8) is 0 Å². The van der Waals surface area contributed by atoms with Crippen molar-refractivity contribution in [2.24, 2.45) is 0 Å². The van der Waals surface area contributed by atoms with Crippen LogP contribution >= 0.6 is 11.6 Å². The van der Waals surface area contributed by atoms with Gasteiger partial charge in [0.05, 0.1) is 5.38 Å². The lowest BCUT2D eigenvalue weighted by Gasteiger charge is -2.12. The van der Waals surface area contributed by atoms with E-state index >= 15 is 0 Å². The summed E-state index contributed by atoms with van der Waals surface area (Å²) >= 11 is 6.13. The van der Waals surface area contributed by atoms with Gasteiger partial charge in [-0.25, -0.2) is 0 Å². The lowest BCUT2D eigenvalue weighted by molar-refractivity contribution is 0.118. The van der Waals surface area contributed by atoms with Gasteiger partial charge < -0.3 is 5.11 Å². The molecule has 2 atom stereocenters. The third-order valence-electron chi connectivity index (χ3n) is 2.72. The lowest BCUT2D eigenvalue weighted by atomic mass is 10.0. The molecule has 0 aliphatic heterocycles. The predicted octanol–water partition coefficient (Wildman–Crippen LogP) is 3.31. The Kier molecular flexibility index (Phi) is 5.05. The summed E-state index contributed by atoms with van der Waals surface area (Å²) in [4.78, 5) is 0. The summed E-state index contributed by atoms with van der Waals surface area (Å²) in [6.45, 7) is 5.66. The van der Waals surface area contributed by atoms with Crippen LogP contribution in [0.15, 0.2) is 24.3 Å². The Hall–Kier alpha value is -0.970. The summed E-state index contributed by atoms with van der Waals surface area (Å²) in [7, 11) is 0. The van der Waals surface area contributed by atoms with Gasteiger partial charge in [-0.1, -0.05) is 48.6 Å². The first-order chi connectivity index (χ1) is 7.93. The standard InChI is InChI=1S/C15H19ClO/c1-4-15(3,17)10-9-14(16)11-13-7-5-12(2)6-8-13/h5-8,14,17H,4,11H2,1-3H3. The molecule has 1 rings (SSSR count). The molecule has 17 heavy (non-hydrogen) atoms. The normalized spacial score (nSPS) is 15.6. The van der Waals surface area contributed by atoms with Crippen LogP contribution in [0.5, 0.6) is 0 Å². The molecule has 92 valence electrons. The van der Waals surface area contributed by atoms with Gasteiger partial charge in [-0.05, 0) is 32.3 Å². The highest BCUT2D eigenvalue weighted by molar-refractivity contribution is 6.22. The molecule has 0 bridgehead atoms. The fourth-order valence-electron chi connectivity index (χ4n) is 1.30. The minimum Gasteiger partial charge on any atom is -0.378 e. The van der Waals surface area contributed by atoms with E-state index in [1.54, 1.807) is 6.92 Å². The van der Waals surface area contributed by atoms with Crippen molar-refractivity contribution in [2.45, 2.75) is 44.6 Å². The number of rotatable bonds is 3. The number of aryl methyl sites for hydroxylation is 1. The van der Waals surface area contributed by atoms with E-state index in [-0.39, 0.29) is 5.38 Å². The number of hydrogen-bond acceptors (Lipinski definition) is 1. The highest BCUT2D eigenvalue weighted by Crippen LogP contribution is 2.11. The van der Waals surface area contributed by atoms with Crippen LogP contribution in [0.4, 0.5) is 0 Å². The van der Waals surface area contributed by atoms with Crippen molar-refractivity contribution in [2.75, 3.05) is 0 Å². The zero-order valence-corrected chi connectivity index (χ0v) is 11.4. The molecule has 0 aliphatic carbocycles. The molecule has 1 aromatic carbocycles. The van der Waals surface area contributed by atoms with E-state index in [0.29, 0.717) is 12.8 Å². The van der Waals surface area contributed by atoms with Crippen LogP contribution in [0.2, 0.25) is 0 Å². The summed E-state index contributed by atoms with van der Waals surface area (Å²) in [5.41, 5.74) is 1.47. The minimum atomic E-state index is -0.930. The minimum absolute atomic E-state index is 0.254. The van der Waals surface area contributed by atoms with Gasteiger partial charge in [-0.2, -0.15) is 0 Å². The van der Waals surface area contributed by atoms with Crippen LogP contribution in [0.25, 0.3) is 0 Å². The SMILES string of the molecule is CCC(C)(O)C#CC(Cl)Cc1ccc(C)cc1. The smallest absolute Gasteiger partial charge is 0.122 e. The van der Waals surface area contributed by atoms with Crippen molar-refractivity contribution in [1.82, 2.24) is 0 Å². The highest BCUT2D eigenvalue weighted by Gasteiger charge is 2.13. The Bertz CT molecular complexity index is 409. The number of alkyl halides is 1. The maximum absolute atomic E-state index is 9.74. The topological polar surface area (TPSA) is 20.2 Å². The van der Waals surface area contributed by atoms with Crippen LogP contribution < -0.4 is 0 Å². The van der Waals surface area contributed by atoms with Crippen molar-refractivity contribution in [1.29, 1.82) is 0 Å². The Morgan fingerprint density at radius 2 is 1.94 bits per heavy atom. The zero-order valence-electron chi connectivity index (χ0n) is 10.6. The molecule has 0 saturated carbocycles. The molecule has 2 heteroatoms. The molecular formula is C15H19ClO. The molecule has 1 N–H and O–H groups in total. The maximum atomic E-state index is 9.74. The summed E-state index contributed by atoms with van der Waals surface area (Å²) in [5.74, 6) is 5.72. The van der Waals surface area contributed by atoms with E-state index in [1.165, 1.54) is 11.1 Å². The molecule has 1 aromatic rings. The van der Waals surface area contributed by atoms with E-state index in [9.17, 15) is 5.11 Å². The Morgan fingerprint density at radius 3 is 2.47 bits per heavy atom. The second-order valence-electron chi connectivity index (χ2n) is 4.55. The van der Waals surface area contributed by atoms with Gasteiger partial charge in [0.15, 0.2) is 0 Å². The highest BCUT2D eigenvalue weighted by atomic mass is 35.5.